The molecule has 1 aromatic heterocycles. The number of nitrogens with two attached hydrogens (primary N) is 1. The lowest BCUT2D eigenvalue weighted by molar-refractivity contribution is 0.828. The van der Waals surface area contributed by atoms with Crippen LogP contribution in [0.1, 0.15) is 17.3 Å². The largest absolute Gasteiger partial charge is 0.319 e. The number of aromatic nitrogens is 1. The second kappa shape index (κ2) is 4.95. The fourth-order valence-corrected chi connectivity index (χ4v) is 1.77. The quantitative estimate of drug-likeness (QED) is 0.921. The summed E-state index contributed by atoms with van der Waals surface area (Å²) < 4.78 is 0.944. The summed E-state index contributed by atoms with van der Waals surface area (Å²) in [6.07, 6.45) is 1.74. The second-order valence-electron chi connectivity index (χ2n) is 3.43. The first kappa shape index (κ1) is 11.6. The Balaban J connectivity index is 2.28. The fourth-order valence-electron chi connectivity index (χ4n) is 1.41. The zero-order valence-electron chi connectivity index (χ0n) is 8.40. The van der Waals surface area contributed by atoms with Gasteiger partial charge in [0.05, 0.1) is 11.7 Å². The molecule has 0 aliphatic carbocycles. The van der Waals surface area contributed by atoms with E-state index in [4.69, 9.17) is 17.3 Å². The molecule has 82 valence electrons. The Kier molecular flexibility index (Phi) is 3.59. The maximum absolute atomic E-state index is 6.10. The van der Waals surface area contributed by atoms with Crippen LogP contribution in [0.25, 0.3) is 0 Å². The average molecular weight is 298 g/mol. The summed E-state index contributed by atoms with van der Waals surface area (Å²) in [5.74, 6) is 0. The minimum atomic E-state index is -0.217. The van der Waals surface area contributed by atoms with E-state index in [9.17, 15) is 0 Å². The number of halogens is 2. The van der Waals surface area contributed by atoms with Gasteiger partial charge in [-0.1, -0.05) is 23.7 Å². The van der Waals surface area contributed by atoms with Gasteiger partial charge < -0.3 is 5.73 Å². The summed E-state index contributed by atoms with van der Waals surface area (Å²) in [5, 5.41) is 0.708. The lowest BCUT2D eigenvalue weighted by Crippen LogP contribution is -2.13. The van der Waals surface area contributed by atoms with Crippen LogP contribution in [0.15, 0.2) is 47.1 Å². The third kappa shape index (κ3) is 2.61. The summed E-state index contributed by atoms with van der Waals surface area (Å²) in [6.45, 7) is 0. The molecule has 1 aromatic carbocycles. The number of benzene rings is 1. The first-order chi connectivity index (χ1) is 7.66. The molecule has 2 rings (SSSR count). The van der Waals surface area contributed by atoms with Crippen molar-refractivity contribution in [1.82, 2.24) is 4.98 Å². The SMILES string of the molecule is NC(c1ccc(Cl)cc1)c1ccc(Br)cn1. The number of hydrogen-bond donors (Lipinski definition) is 1. The van der Waals surface area contributed by atoms with Crippen molar-refractivity contribution in [2.24, 2.45) is 5.73 Å². The Bertz CT molecular complexity index is 422. The number of pyridine rings is 1. The maximum Gasteiger partial charge on any atom is 0.0726 e. The van der Waals surface area contributed by atoms with Gasteiger partial charge in [-0.15, -0.1) is 0 Å². The minimum Gasteiger partial charge on any atom is -0.319 e. The van der Waals surface area contributed by atoms with E-state index in [1.54, 1.807) is 6.20 Å². The Morgan fingerprint density at radius 1 is 1.12 bits per heavy atom. The lowest BCUT2D eigenvalue weighted by atomic mass is 10.0. The zero-order valence-corrected chi connectivity index (χ0v) is 10.7. The van der Waals surface area contributed by atoms with Crippen LogP contribution in [0.4, 0.5) is 0 Å². The van der Waals surface area contributed by atoms with Gasteiger partial charge in [0.1, 0.15) is 0 Å². The number of hydrogen-bond acceptors (Lipinski definition) is 2. The summed E-state index contributed by atoms with van der Waals surface area (Å²) in [5.41, 5.74) is 7.93. The van der Waals surface area contributed by atoms with Crippen molar-refractivity contribution in [3.05, 3.63) is 63.3 Å². The van der Waals surface area contributed by atoms with E-state index in [0.29, 0.717) is 5.02 Å². The van der Waals surface area contributed by atoms with Crippen LogP contribution >= 0.6 is 27.5 Å². The molecule has 0 saturated heterocycles. The van der Waals surface area contributed by atoms with Gasteiger partial charge in [0, 0.05) is 15.7 Å². The van der Waals surface area contributed by atoms with Crippen LogP contribution in [-0.2, 0) is 0 Å². The van der Waals surface area contributed by atoms with E-state index in [1.807, 2.05) is 36.4 Å². The monoisotopic (exact) mass is 296 g/mol. The van der Waals surface area contributed by atoms with Crippen molar-refractivity contribution < 1.29 is 0 Å². The third-order valence-electron chi connectivity index (χ3n) is 2.30. The summed E-state index contributed by atoms with van der Waals surface area (Å²) >= 11 is 9.16. The molecule has 1 unspecified atom stereocenters. The molecule has 4 heteroatoms. The van der Waals surface area contributed by atoms with E-state index in [0.717, 1.165) is 15.7 Å². The highest BCUT2D eigenvalue weighted by atomic mass is 79.9. The molecule has 0 saturated carbocycles. The molecule has 0 fully saturated rings. The Morgan fingerprint density at radius 2 is 1.81 bits per heavy atom. The van der Waals surface area contributed by atoms with E-state index in [1.165, 1.54) is 0 Å². The highest BCUT2D eigenvalue weighted by molar-refractivity contribution is 9.10. The third-order valence-corrected chi connectivity index (χ3v) is 3.02. The van der Waals surface area contributed by atoms with Gasteiger partial charge in [-0.05, 0) is 45.8 Å². The molecule has 1 atom stereocenters. The average Bonchev–Trinajstić information content (AvgIpc) is 2.30. The van der Waals surface area contributed by atoms with Crippen molar-refractivity contribution in [2.45, 2.75) is 6.04 Å². The molecule has 0 aliphatic rings. The topological polar surface area (TPSA) is 38.9 Å². The standard InChI is InChI=1S/C12H10BrClN2/c13-9-3-6-11(16-7-9)12(15)8-1-4-10(14)5-2-8/h1-7,12H,15H2. The van der Waals surface area contributed by atoms with E-state index >= 15 is 0 Å². The van der Waals surface area contributed by atoms with Gasteiger partial charge in [-0.2, -0.15) is 0 Å². The Labute approximate surface area is 108 Å². The molecule has 1 heterocycles. The van der Waals surface area contributed by atoms with Gasteiger partial charge >= 0.3 is 0 Å². The van der Waals surface area contributed by atoms with Gasteiger partial charge in [0.15, 0.2) is 0 Å². The molecule has 0 bridgehead atoms. The van der Waals surface area contributed by atoms with Crippen molar-refractivity contribution in [1.29, 1.82) is 0 Å². The van der Waals surface area contributed by atoms with Gasteiger partial charge in [-0.25, -0.2) is 0 Å². The first-order valence-electron chi connectivity index (χ1n) is 4.79. The second-order valence-corrected chi connectivity index (χ2v) is 4.78. The van der Waals surface area contributed by atoms with Crippen molar-refractivity contribution in [3.63, 3.8) is 0 Å². The van der Waals surface area contributed by atoms with Crippen LogP contribution in [-0.4, -0.2) is 4.98 Å². The number of rotatable bonds is 2. The minimum absolute atomic E-state index is 0.217. The molecule has 16 heavy (non-hydrogen) atoms. The summed E-state index contributed by atoms with van der Waals surface area (Å²) in [4.78, 5) is 4.27. The molecule has 0 radical (unpaired) electrons. The van der Waals surface area contributed by atoms with E-state index in [-0.39, 0.29) is 6.04 Å². The highest BCUT2D eigenvalue weighted by Gasteiger charge is 2.09. The van der Waals surface area contributed by atoms with Crippen LogP contribution in [0.5, 0.6) is 0 Å². The van der Waals surface area contributed by atoms with Crippen LogP contribution in [0.2, 0.25) is 5.02 Å². The van der Waals surface area contributed by atoms with E-state index < -0.39 is 0 Å². The maximum atomic E-state index is 6.10. The predicted molar refractivity (Wildman–Crippen MR) is 69.4 cm³/mol. The number of nitrogens with zero attached hydrogens (tertiary/aromatic N) is 1. The van der Waals surface area contributed by atoms with Gasteiger partial charge in [0.2, 0.25) is 0 Å². The van der Waals surface area contributed by atoms with Gasteiger partial charge in [0.25, 0.3) is 0 Å². The van der Waals surface area contributed by atoms with Crippen molar-refractivity contribution in [2.75, 3.05) is 0 Å². The molecular weight excluding hydrogens is 288 g/mol. The summed E-state index contributed by atoms with van der Waals surface area (Å²) in [6, 6.07) is 11.1. The zero-order chi connectivity index (χ0) is 11.5. The molecule has 0 amide bonds. The molecule has 0 aliphatic heterocycles. The molecular formula is C12H10BrClN2. The van der Waals surface area contributed by atoms with Crippen molar-refractivity contribution in [3.8, 4) is 0 Å². The first-order valence-corrected chi connectivity index (χ1v) is 5.96. The van der Waals surface area contributed by atoms with Crippen molar-refractivity contribution >= 4 is 27.5 Å². The van der Waals surface area contributed by atoms with Crippen LogP contribution in [0, 0.1) is 0 Å². The predicted octanol–water partition coefficient (Wildman–Crippen LogP) is 3.55. The fraction of sp³-hybridized carbons (Fsp3) is 0.0833. The van der Waals surface area contributed by atoms with Crippen LogP contribution < -0.4 is 5.73 Å². The molecule has 0 spiro atoms. The van der Waals surface area contributed by atoms with E-state index in [2.05, 4.69) is 20.9 Å². The normalized spacial score (nSPS) is 12.4. The highest BCUT2D eigenvalue weighted by Crippen LogP contribution is 2.20. The molecule has 2 nitrogen and oxygen atoms in total. The summed E-state index contributed by atoms with van der Waals surface area (Å²) in [7, 11) is 0. The Morgan fingerprint density at radius 3 is 2.38 bits per heavy atom. The smallest absolute Gasteiger partial charge is 0.0726 e. The lowest BCUT2D eigenvalue weighted by Gasteiger charge is -2.11. The molecule has 2 N–H and O–H groups in total. The molecule has 2 aromatic rings. The van der Waals surface area contributed by atoms with Crippen LogP contribution in [0.3, 0.4) is 0 Å². The Hall–Kier alpha value is -0.900. The van der Waals surface area contributed by atoms with Gasteiger partial charge in [-0.3, -0.25) is 4.98 Å².